The number of hydrogen-bond acceptors (Lipinski definition) is 4. The van der Waals surface area contributed by atoms with Gasteiger partial charge in [0.1, 0.15) is 0 Å². The Morgan fingerprint density at radius 1 is 1.60 bits per heavy atom. The number of aromatic nitrogens is 2. The average Bonchev–Trinajstić information content (AvgIpc) is 2.10. The van der Waals surface area contributed by atoms with E-state index in [0.717, 1.165) is 19.0 Å². The first kappa shape index (κ1) is 6.06. The van der Waals surface area contributed by atoms with Gasteiger partial charge in [-0.1, -0.05) is 0 Å². The number of H-pyrrole nitrogens is 1. The molecular weight excluding hydrogens is 150 g/mol. The molecule has 1 aliphatic rings. The van der Waals surface area contributed by atoms with E-state index >= 15 is 0 Å². The molecule has 0 spiro atoms. The van der Waals surface area contributed by atoms with Gasteiger partial charge in [-0.05, 0) is 12.2 Å². The summed E-state index contributed by atoms with van der Waals surface area (Å²) in [5, 5.41) is 9.61. The zero-order chi connectivity index (χ0) is 6.97. The predicted molar refractivity (Wildman–Crippen MR) is 37.3 cm³/mol. The van der Waals surface area contributed by atoms with Gasteiger partial charge in [0.15, 0.2) is 0 Å². The van der Waals surface area contributed by atoms with Crippen molar-refractivity contribution in [2.24, 2.45) is 0 Å². The van der Waals surface area contributed by atoms with Gasteiger partial charge in [-0.15, -0.1) is 5.10 Å². The minimum Gasteiger partial charge on any atom is -0.414 e. The second-order valence-electron chi connectivity index (χ2n) is 2.31. The molecule has 2 heterocycles. The average molecular weight is 157 g/mol. The summed E-state index contributed by atoms with van der Waals surface area (Å²) in [6, 6.07) is 0. The molecule has 5 heteroatoms. The Labute approximate surface area is 62.6 Å². The Bertz CT molecular complexity index is 274. The van der Waals surface area contributed by atoms with Crippen LogP contribution in [0.4, 0.5) is 0 Å². The first-order valence-electron chi connectivity index (χ1n) is 3.12. The molecule has 0 atom stereocenters. The van der Waals surface area contributed by atoms with E-state index in [4.69, 9.17) is 16.6 Å². The Hall–Kier alpha value is -0.680. The Balaban J connectivity index is 2.25. The molecule has 2 N–H and O–H groups in total. The molecule has 1 aromatic rings. The monoisotopic (exact) mass is 157 g/mol. The van der Waals surface area contributed by atoms with Crippen LogP contribution in [-0.2, 0) is 0 Å². The zero-order valence-electron chi connectivity index (χ0n) is 5.26. The van der Waals surface area contributed by atoms with E-state index in [-0.39, 0.29) is 0 Å². The van der Waals surface area contributed by atoms with Crippen LogP contribution in [0.3, 0.4) is 0 Å². The van der Waals surface area contributed by atoms with Gasteiger partial charge in [0.25, 0.3) is 4.84 Å². The van der Waals surface area contributed by atoms with Gasteiger partial charge in [0.05, 0.1) is 5.92 Å². The summed E-state index contributed by atoms with van der Waals surface area (Å²) in [5.74, 6) is 1.15. The van der Waals surface area contributed by atoms with Crippen LogP contribution in [-0.4, -0.2) is 23.3 Å². The fourth-order valence-electron chi connectivity index (χ4n) is 0.879. The van der Waals surface area contributed by atoms with E-state index in [0.29, 0.717) is 10.8 Å². The molecule has 1 fully saturated rings. The summed E-state index contributed by atoms with van der Waals surface area (Å²) in [5.41, 5.74) is 0. The van der Waals surface area contributed by atoms with Crippen molar-refractivity contribution < 1.29 is 4.42 Å². The summed E-state index contributed by atoms with van der Waals surface area (Å²) in [6.07, 6.45) is 0. The normalized spacial score (nSPS) is 18.8. The molecular formula is C5H7N3OS. The first-order valence-corrected chi connectivity index (χ1v) is 3.53. The van der Waals surface area contributed by atoms with Crippen molar-refractivity contribution in [2.75, 3.05) is 13.1 Å². The van der Waals surface area contributed by atoms with Crippen molar-refractivity contribution >= 4 is 12.2 Å². The lowest BCUT2D eigenvalue weighted by atomic mass is 10.0. The molecule has 4 nitrogen and oxygen atoms in total. The molecule has 1 aliphatic heterocycles. The maximum Gasteiger partial charge on any atom is 0.284 e. The minimum atomic E-state index is 0.363. The Morgan fingerprint density at radius 2 is 2.40 bits per heavy atom. The predicted octanol–water partition coefficient (Wildman–Crippen LogP) is 0.419. The lowest BCUT2D eigenvalue weighted by molar-refractivity contribution is 0.353. The van der Waals surface area contributed by atoms with Crippen LogP contribution in [0.1, 0.15) is 11.8 Å². The molecule has 1 aromatic heterocycles. The van der Waals surface area contributed by atoms with Gasteiger partial charge in [-0.3, -0.25) is 0 Å². The van der Waals surface area contributed by atoms with Gasteiger partial charge < -0.3 is 9.73 Å². The van der Waals surface area contributed by atoms with Crippen LogP contribution in [0.25, 0.3) is 0 Å². The smallest absolute Gasteiger partial charge is 0.284 e. The van der Waals surface area contributed by atoms with E-state index in [1.165, 1.54) is 0 Å². The third-order valence-electron chi connectivity index (χ3n) is 1.59. The fraction of sp³-hybridized carbons (Fsp3) is 0.600. The van der Waals surface area contributed by atoms with Crippen LogP contribution in [0, 0.1) is 4.84 Å². The molecule has 0 aliphatic carbocycles. The largest absolute Gasteiger partial charge is 0.414 e. The SMILES string of the molecule is S=c1[nH]nc(C2CNC2)o1. The van der Waals surface area contributed by atoms with Gasteiger partial charge in [-0.25, -0.2) is 5.10 Å². The number of rotatable bonds is 1. The maximum atomic E-state index is 5.10. The van der Waals surface area contributed by atoms with Crippen molar-refractivity contribution in [3.8, 4) is 0 Å². The molecule has 0 amide bonds. The van der Waals surface area contributed by atoms with Crippen LogP contribution < -0.4 is 5.32 Å². The van der Waals surface area contributed by atoms with Gasteiger partial charge >= 0.3 is 0 Å². The van der Waals surface area contributed by atoms with E-state index in [1.54, 1.807) is 0 Å². The molecule has 10 heavy (non-hydrogen) atoms. The van der Waals surface area contributed by atoms with Crippen LogP contribution in [0.2, 0.25) is 0 Å². The summed E-state index contributed by atoms with van der Waals surface area (Å²) in [6.45, 7) is 1.90. The van der Waals surface area contributed by atoms with E-state index in [1.807, 2.05) is 0 Å². The second-order valence-corrected chi connectivity index (χ2v) is 2.68. The Morgan fingerprint density at radius 3 is 2.80 bits per heavy atom. The fourth-order valence-corrected chi connectivity index (χ4v) is 1.01. The first-order chi connectivity index (χ1) is 4.86. The van der Waals surface area contributed by atoms with Crippen LogP contribution >= 0.6 is 12.2 Å². The van der Waals surface area contributed by atoms with Crippen LogP contribution in [0.5, 0.6) is 0 Å². The highest BCUT2D eigenvalue weighted by atomic mass is 32.1. The van der Waals surface area contributed by atoms with E-state index in [9.17, 15) is 0 Å². The van der Waals surface area contributed by atoms with Gasteiger partial charge in [-0.2, -0.15) is 0 Å². The lowest BCUT2D eigenvalue weighted by Gasteiger charge is -2.22. The van der Waals surface area contributed by atoms with Gasteiger partial charge in [0, 0.05) is 13.1 Å². The van der Waals surface area contributed by atoms with Crippen LogP contribution in [0.15, 0.2) is 4.42 Å². The molecule has 0 bridgehead atoms. The highest BCUT2D eigenvalue weighted by molar-refractivity contribution is 7.71. The molecule has 1 saturated heterocycles. The number of nitrogens with one attached hydrogen (secondary N) is 2. The molecule has 0 radical (unpaired) electrons. The molecule has 0 saturated carbocycles. The van der Waals surface area contributed by atoms with Crippen molar-refractivity contribution in [3.63, 3.8) is 0 Å². The lowest BCUT2D eigenvalue weighted by Crippen LogP contribution is -2.40. The summed E-state index contributed by atoms with van der Waals surface area (Å²) < 4.78 is 5.10. The van der Waals surface area contributed by atoms with Crippen molar-refractivity contribution in [2.45, 2.75) is 5.92 Å². The zero-order valence-corrected chi connectivity index (χ0v) is 6.07. The van der Waals surface area contributed by atoms with E-state index in [2.05, 4.69) is 15.5 Å². The molecule has 0 aromatic carbocycles. The molecule has 2 rings (SSSR count). The maximum absolute atomic E-state index is 5.10. The summed E-state index contributed by atoms with van der Waals surface area (Å²) >= 11 is 4.72. The number of nitrogens with zero attached hydrogens (tertiary/aromatic N) is 1. The summed E-state index contributed by atoms with van der Waals surface area (Å²) in [4.78, 5) is 0.363. The third kappa shape index (κ3) is 0.871. The van der Waals surface area contributed by atoms with Crippen molar-refractivity contribution in [3.05, 3.63) is 10.7 Å². The molecule has 54 valence electrons. The second kappa shape index (κ2) is 2.17. The quantitative estimate of drug-likeness (QED) is 0.580. The number of hydrogen-bond donors (Lipinski definition) is 2. The van der Waals surface area contributed by atoms with E-state index < -0.39 is 0 Å². The topological polar surface area (TPSA) is 53.9 Å². The van der Waals surface area contributed by atoms with Crippen molar-refractivity contribution in [1.29, 1.82) is 0 Å². The Kier molecular flexibility index (Phi) is 1.32. The highest BCUT2D eigenvalue weighted by Gasteiger charge is 2.23. The number of aromatic amines is 1. The standard InChI is InChI=1S/C5H7N3OS/c10-5-8-7-4(9-5)3-1-6-2-3/h3,6H,1-2H2,(H,8,10). The molecule has 0 unspecified atom stereocenters. The minimum absolute atomic E-state index is 0.363. The summed E-state index contributed by atoms with van der Waals surface area (Å²) in [7, 11) is 0. The third-order valence-corrected chi connectivity index (χ3v) is 1.76. The van der Waals surface area contributed by atoms with Gasteiger partial charge in [0.2, 0.25) is 5.89 Å². The van der Waals surface area contributed by atoms with Crippen molar-refractivity contribution in [1.82, 2.24) is 15.5 Å². The highest BCUT2D eigenvalue weighted by Crippen LogP contribution is 2.16.